The van der Waals surface area contributed by atoms with Crippen molar-refractivity contribution >= 4 is 35.7 Å². The van der Waals surface area contributed by atoms with E-state index in [9.17, 15) is 33.9 Å². The maximum absolute atomic E-state index is 13.9. The number of aliphatic carboxylic acids is 1. The number of likely N-dealkylation sites (tertiary alicyclic amines) is 1. The van der Waals surface area contributed by atoms with E-state index in [4.69, 9.17) is 9.47 Å². The van der Waals surface area contributed by atoms with Gasteiger partial charge in [0.05, 0.1) is 12.3 Å². The number of hydrogen-bond donors (Lipinski definition) is 3. The number of piperazine rings is 1. The predicted octanol–water partition coefficient (Wildman–Crippen LogP) is 1.42. The quantitative estimate of drug-likeness (QED) is 0.276. The summed E-state index contributed by atoms with van der Waals surface area (Å²) in [6.07, 6.45) is 0.938. The van der Waals surface area contributed by atoms with Crippen LogP contribution in [-0.4, -0.2) is 129 Å². The van der Waals surface area contributed by atoms with Crippen molar-refractivity contribution < 1.29 is 43.3 Å². The summed E-state index contributed by atoms with van der Waals surface area (Å²) in [4.78, 5) is 82.4. The third-order valence-electron chi connectivity index (χ3n) is 9.48. The molecule has 2 unspecified atom stereocenters. The number of nitrogens with one attached hydrogen (secondary N) is 2. The Morgan fingerprint density at radius 2 is 1.68 bits per heavy atom. The first-order chi connectivity index (χ1) is 24.0. The standard InChI is InChI=1S/C34H45N7O9/c1-4-49-33(48)39-19-17-38(18-20-39)31(46)25(13-14-28(42)43)36-29(44)26-21-27(41(37-26)24-9-6-5-7-10-24)50-22(2)30(45)40-16-8-15-34(40,23-11-12-23)32(47)35-3/h5-7,9-10,21-23,25H,4,8,11-20H2,1-3H3,(H,35,47)(H,36,44)(H,42,43)/t22-,25?,34?/m1/s1. The number of amides is 5. The number of aromatic nitrogens is 2. The SMILES string of the molecule is CCOC(=O)N1CCN(C(=O)C(CCC(=O)O)NC(=O)c2cc(O[C@H](C)C(=O)N3CCCC3(C(=O)NC)C3CC3)n(-c3ccccc3)n2)CC1. The summed E-state index contributed by atoms with van der Waals surface area (Å²) in [6, 6.07) is 9.02. The Morgan fingerprint density at radius 1 is 1.00 bits per heavy atom. The molecule has 270 valence electrons. The molecule has 3 heterocycles. The number of carbonyl (C=O) groups excluding carboxylic acids is 5. The van der Waals surface area contributed by atoms with Gasteiger partial charge in [0.15, 0.2) is 11.8 Å². The lowest BCUT2D eigenvalue weighted by Gasteiger charge is -2.38. The Kier molecular flexibility index (Phi) is 11.3. The van der Waals surface area contributed by atoms with Crippen molar-refractivity contribution in [1.29, 1.82) is 0 Å². The van der Waals surface area contributed by atoms with Gasteiger partial charge in [-0.3, -0.25) is 24.0 Å². The van der Waals surface area contributed by atoms with Gasteiger partial charge in [0.2, 0.25) is 17.7 Å². The van der Waals surface area contributed by atoms with Crippen LogP contribution in [0.2, 0.25) is 0 Å². The van der Waals surface area contributed by atoms with Gasteiger partial charge in [0.1, 0.15) is 11.6 Å². The lowest BCUT2D eigenvalue weighted by atomic mass is 9.88. The number of hydrogen-bond acceptors (Lipinski definition) is 9. The highest BCUT2D eigenvalue weighted by Gasteiger charge is 2.58. The molecule has 3 N–H and O–H groups in total. The van der Waals surface area contributed by atoms with Crippen LogP contribution in [-0.2, 0) is 23.9 Å². The number of benzene rings is 1. The monoisotopic (exact) mass is 695 g/mol. The fraction of sp³-hybridized carbons (Fsp3) is 0.559. The van der Waals surface area contributed by atoms with E-state index in [1.165, 1.54) is 20.5 Å². The molecule has 16 heteroatoms. The second kappa shape index (κ2) is 15.6. The molecule has 1 aliphatic carbocycles. The van der Waals surface area contributed by atoms with Crippen molar-refractivity contribution in [3.05, 3.63) is 42.1 Å². The average Bonchev–Trinajstić information content (AvgIpc) is 3.74. The second-order valence-corrected chi connectivity index (χ2v) is 12.7. The van der Waals surface area contributed by atoms with E-state index in [1.54, 1.807) is 50.1 Å². The molecule has 0 radical (unpaired) electrons. The number of rotatable bonds is 13. The van der Waals surface area contributed by atoms with Gasteiger partial charge >= 0.3 is 12.1 Å². The molecule has 3 aliphatic rings. The Labute approximate surface area is 290 Å². The second-order valence-electron chi connectivity index (χ2n) is 12.7. The van der Waals surface area contributed by atoms with E-state index in [1.807, 2.05) is 6.07 Å². The summed E-state index contributed by atoms with van der Waals surface area (Å²) in [5.41, 5.74) is -0.502. The zero-order chi connectivity index (χ0) is 36.0. The van der Waals surface area contributed by atoms with Crippen LogP contribution in [0, 0.1) is 5.92 Å². The van der Waals surface area contributed by atoms with Crippen molar-refractivity contribution in [3.63, 3.8) is 0 Å². The number of para-hydroxylation sites is 1. The number of carbonyl (C=O) groups is 6. The Bertz CT molecular complexity index is 1590. The number of carboxylic acid groups (broad SMARTS) is 1. The Morgan fingerprint density at radius 3 is 2.30 bits per heavy atom. The molecule has 2 aliphatic heterocycles. The summed E-state index contributed by atoms with van der Waals surface area (Å²) in [5, 5.41) is 19.2. The van der Waals surface area contributed by atoms with Crippen LogP contribution in [0.15, 0.2) is 36.4 Å². The summed E-state index contributed by atoms with van der Waals surface area (Å²) < 4.78 is 12.6. The summed E-state index contributed by atoms with van der Waals surface area (Å²) in [6.45, 7) is 4.76. The molecule has 0 spiro atoms. The minimum absolute atomic E-state index is 0.0851. The summed E-state index contributed by atoms with van der Waals surface area (Å²) in [7, 11) is 1.57. The molecule has 0 bridgehead atoms. The smallest absolute Gasteiger partial charge is 0.409 e. The van der Waals surface area contributed by atoms with Crippen molar-refractivity contribution in [2.75, 3.05) is 46.4 Å². The number of likely N-dealkylation sites (N-methyl/N-ethyl adjacent to an activating group) is 1. The topological polar surface area (TPSA) is 193 Å². The molecular formula is C34H45N7O9. The molecule has 1 aromatic carbocycles. The van der Waals surface area contributed by atoms with Crippen molar-refractivity contribution in [1.82, 2.24) is 35.1 Å². The number of nitrogens with zero attached hydrogens (tertiary/aromatic N) is 5. The first-order valence-corrected chi connectivity index (χ1v) is 17.1. The molecule has 2 saturated heterocycles. The van der Waals surface area contributed by atoms with E-state index < -0.39 is 41.6 Å². The van der Waals surface area contributed by atoms with Gasteiger partial charge in [-0.2, -0.15) is 5.10 Å². The highest BCUT2D eigenvalue weighted by molar-refractivity contribution is 5.97. The van der Waals surface area contributed by atoms with Gasteiger partial charge < -0.3 is 39.9 Å². The number of ether oxygens (including phenoxy) is 2. The van der Waals surface area contributed by atoms with Gasteiger partial charge in [-0.25, -0.2) is 9.48 Å². The third kappa shape index (κ3) is 7.68. The first kappa shape index (κ1) is 36.1. The van der Waals surface area contributed by atoms with Crippen LogP contribution in [0.4, 0.5) is 4.79 Å². The lowest BCUT2D eigenvalue weighted by Crippen LogP contribution is -2.60. The van der Waals surface area contributed by atoms with E-state index >= 15 is 0 Å². The minimum atomic E-state index is -1.19. The minimum Gasteiger partial charge on any atom is -0.481 e. The third-order valence-corrected chi connectivity index (χ3v) is 9.48. The van der Waals surface area contributed by atoms with Gasteiger partial charge in [0.25, 0.3) is 11.8 Å². The highest BCUT2D eigenvalue weighted by atomic mass is 16.6. The predicted molar refractivity (Wildman–Crippen MR) is 177 cm³/mol. The molecule has 1 saturated carbocycles. The Hall–Kier alpha value is -5.15. The molecule has 50 heavy (non-hydrogen) atoms. The van der Waals surface area contributed by atoms with Crippen LogP contribution in [0.3, 0.4) is 0 Å². The van der Waals surface area contributed by atoms with Gasteiger partial charge in [-0.15, -0.1) is 0 Å². The molecule has 2 aromatic rings. The molecule has 3 atom stereocenters. The first-order valence-electron chi connectivity index (χ1n) is 17.1. The summed E-state index contributed by atoms with van der Waals surface area (Å²) in [5.74, 6) is -2.73. The maximum atomic E-state index is 13.9. The van der Waals surface area contributed by atoms with Crippen molar-refractivity contribution in [3.8, 4) is 11.6 Å². The average molecular weight is 696 g/mol. The molecule has 3 fully saturated rings. The largest absolute Gasteiger partial charge is 0.481 e. The van der Waals surface area contributed by atoms with Crippen LogP contribution < -0.4 is 15.4 Å². The molecule has 5 rings (SSSR count). The van der Waals surface area contributed by atoms with Crippen LogP contribution >= 0.6 is 0 Å². The summed E-state index contributed by atoms with van der Waals surface area (Å²) >= 11 is 0. The Balaban J connectivity index is 1.34. The van der Waals surface area contributed by atoms with Gasteiger partial charge in [0, 0.05) is 52.3 Å². The fourth-order valence-corrected chi connectivity index (χ4v) is 6.84. The molecular weight excluding hydrogens is 650 g/mol. The van der Waals surface area contributed by atoms with E-state index in [-0.39, 0.29) is 74.9 Å². The van der Waals surface area contributed by atoms with Crippen LogP contribution in [0.25, 0.3) is 5.69 Å². The van der Waals surface area contributed by atoms with Crippen molar-refractivity contribution in [2.24, 2.45) is 5.92 Å². The lowest BCUT2D eigenvalue weighted by molar-refractivity contribution is -0.150. The maximum Gasteiger partial charge on any atom is 0.409 e. The highest BCUT2D eigenvalue weighted by Crippen LogP contribution is 2.49. The van der Waals surface area contributed by atoms with E-state index in [0.29, 0.717) is 25.1 Å². The van der Waals surface area contributed by atoms with E-state index in [2.05, 4.69) is 15.7 Å². The van der Waals surface area contributed by atoms with Crippen LogP contribution in [0.5, 0.6) is 5.88 Å². The van der Waals surface area contributed by atoms with Crippen LogP contribution in [0.1, 0.15) is 62.9 Å². The van der Waals surface area contributed by atoms with Gasteiger partial charge in [-0.1, -0.05) is 18.2 Å². The van der Waals surface area contributed by atoms with E-state index in [0.717, 1.165) is 12.8 Å². The zero-order valence-corrected chi connectivity index (χ0v) is 28.6. The number of carboxylic acids is 1. The molecule has 16 nitrogen and oxygen atoms in total. The zero-order valence-electron chi connectivity index (χ0n) is 28.6. The fourth-order valence-electron chi connectivity index (χ4n) is 6.84. The normalized spacial score (nSPS) is 20.1. The molecule has 5 amide bonds. The van der Waals surface area contributed by atoms with Gasteiger partial charge in [-0.05, 0) is 64.0 Å². The molecule has 1 aromatic heterocycles. The van der Waals surface area contributed by atoms with Crippen molar-refractivity contribution in [2.45, 2.75) is 70.1 Å².